The van der Waals surface area contributed by atoms with Crippen LogP contribution in [-0.4, -0.2) is 30.7 Å². The van der Waals surface area contributed by atoms with Crippen LogP contribution in [0.1, 0.15) is 35.7 Å². The van der Waals surface area contributed by atoms with Gasteiger partial charge in [-0.05, 0) is 29.9 Å². The number of carbonyl (C=O) groups excluding carboxylic acids is 1. The molecule has 1 aliphatic rings. The van der Waals surface area contributed by atoms with Gasteiger partial charge < -0.3 is 0 Å². The van der Waals surface area contributed by atoms with Gasteiger partial charge in [-0.15, -0.1) is 10.2 Å². The Hall–Kier alpha value is -2.70. The van der Waals surface area contributed by atoms with E-state index in [-0.39, 0.29) is 11.3 Å². The van der Waals surface area contributed by atoms with Crippen LogP contribution in [0.4, 0.5) is 5.95 Å². The molecule has 0 spiro atoms. The summed E-state index contributed by atoms with van der Waals surface area (Å²) in [4.78, 5) is 16.5. The molecule has 0 aliphatic heterocycles. The van der Waals surface area contributed by atoms with Gasteiger partial charge in [0.05, 0.1) is 0 Å². The summed E-state index contributed by atoms with van der Waals surface area (Å²) in [7, 11) is 0. The largest absolute Gasteiger partial charge is 0.289 e. The van der Waals surface area contributed by atoms with Crippen LogP contribution in [0.15, 0.2) is 30.6 Å². The summed E-state index contributed by atoms with van der Waals surface area (Å²) >= 11 is 0. The predicted molar refractivity (Wildman–Crippen MR) is 76.1 cm³/mol. The number of anilines is 1. The summed E-state index contributed by atoms with van der Waals surface area (Å²) in [5.41, 5.74) is 1.91. The highest BCUT2D eigenvalue weighted by atomic mass is 16.1. The Morgan fingerprint density at radius 1 is 1.33 bits per heavy atom. The molecule has 7 nitrogen and oxygen atoms in total. The van der Waals surface area contributed by atoms with Gasteiger partial charge in [0.1, 0.15) is 6.33 Å². The van der Waals surface area contributed by atoms with E-state index in [1.54, 1.807) is 0 Å². The second-order valence-corrected chi connectivity index (χ2v) is 5.61. The molecule has 2 heterocycles. The van der Waals surface area contributed by atoms with Crippen molar-refractivity contribution in [2.75, 3.05) is 5.32 Å². The first-order valence-corrected chi connectivity index (χ1v) is 6.83. The molecule has 21 heavy (non-hydrogen) atoms. The third-order valence-electron chi connectivity index (χ3n) is 4.06. The maximum Gasteiger partial charge on any atom is 0.273 e. The molecule has 0 unspecified atom stereocenters. The fraction of sp³-hybridized carbons (Fsp3) is 0.286. The third kappa shape index (κ3) is 1.89. The molecule has 1 fully saturated rings. The second kappa shape index (κ2) is 4.15. The summed E-state index contributed by atoms with van der Waals surface area (Å²) in [6, 6.07) is 7.72. The highest BCUT2D eigenvalue weighted by Crippen LogP contribution is 2.48. The summed E-state index contributed by atoms with van der Waals surface area (Å²) in [5, 5.41) is 13.4. The van der Waals surface area contributed by atoms with Gasteiger partial charge in [0.2, 0.25) is 0 Å². The molecule has 0 atom stereocenters. The van der Waals surface area contributed by atoms with Crippen LogP contribution in [0.25, 0.3) is 5.78 Å². The van der Waals surface area contributed by atoms with Crippen LogP contribution in [0.3, 0.4) is 0 Å². The minimum Gasteiger partial charge on any atom is -0.289 e. The van der Waals surface area contributed by atoms with Crippen molar-refractivity contribution in [2.45, 2.75) is 25.2 Å². The number of rotatable bonds is 3. The molecule has 1 aliphatic carbocycles. The molecule has 7 heteroatoms. The van der Waals surface area contributed by atoms with Crippen molar-refractivity contribution in [1.29, 1.82) is 0 Å². The summed E-state index contributed by atoms with van der Waals surface area (Å²) in [5.74, 6) is 0.582. The normalized spacial score (nSPS) is 16.0. The number of hydrogen-bond acceptors (Lipinski definition) is 4. The summed E-state index contributed by atoms with van der Waals surface area (Å²) in [6.07, 6.45) is 3.74. The molecule has 4 rings (SSSR count). The van der Waals surface area contributed by atoms with E-state index >= 15 is 0 Å². The van der Waals surface area contributed by atoms with E-state index in [0.29, 0.717) is 17.3 Å². The lowest BCUT2D eigenvalue weighted by atomic mass is 9.93. The average Bonchev–Trinajstić information content (AvgIpc) is 2.93. The van der Waals surface area contributed by atoms with Crippen molar-refractivity contribution < 1.29 is 4.79 Å². The molecule has 0 bridgehead atoms. The molecule has 0 saturated heterocycles. The number of nitrogens with zero attached hydrogens (tertiary/aromatic N) is 4. The number of hydrogen-bond donors (Lipinski definition) is 2. The van der Waals surface area contributed by atoms with Gasteiger partial charge in [0.25, 0.3) is 17.6 Å². The van der Waals surface area contributed by atoms with E-state index in [2.05, 4.69) is 32.5 Å². The van der Waals surface area contributed by atoms with Gasteiger partial charge in [0, 0.05) is 5.56 Å². The highest BCUT2D eigenvalue weighted by Gasteiger charge is 2.41. The molecule has 1 aromatic carbocycles. The maximum absolute atomic E-state index is 12.5. The monoisotopic (exact) mass is 282 g/mol. The number of aromatic amines is 1. The van der Waals surface area contributed by atoms with E-state index in [4.69, 9.17) is 0 Å². The van der Waals surface area contributed by atoms with Crippen LogP contribution in [0.2, 0.25) is 0 Å². The van der Waals surface area contributed by atoms with Crippen molar-refractivity contribution >= 4 is 17.6 Å². The molecule has 2 N–H and O–H groups in total. The average molecular weight is 282 g/mol. The Morgan fingerprint density at radius 3 is 2.95 bits per heavy atom. The van der Waals surface area contributed by atoms with Crippen molar-refractivity contribution in [3.63, 3.8) is 0 Å². The lowest BCUT2D eigenvalue weighted by molar-refractivity contribution is 0.102. The molecule has 1 saturated carbocycles. The van der Waals surface area contributed by atoms with Crippen LogP contribution in [0.5, 0.6) is 0 Å². The van der Waals surface area contributed by atoms with Crippen molar-refractivity contribution in [2.24, 2.45) is 0 Å². The van der Waals surface area contributed by atoms with Gasteiger partial charge in [0.15, 0.2) is 0 Å². The molecular formula is C14H14N6O. The van der Waals surface area contributed by atoms with Gasteiger partial charge in [-0.2, -0.15) is 9.50 Å². The zero-order valence-electron chi connectivity index (χ0n) is 11.5. The van der Waals surface area contributed by atoms with Crippen molar-refractivity contribution in [1.82, 2.24) is 24.8 Å². The van der Waals surface area contributed by atoms with E-state index < -0.39 is 0 Å². The predicted octanol–water partition coefficient (Wildman–Crippen LogP) is 1.76. The number of carbonyl (C=O) groups is 1. The standard InChI is InChI=1S/C14H14N6O/c1-14(6-7-14)10-5-3-2-4-9(10)11(21)17-13-19-18-12-15-8-16-20(12)13/h2-5,8H,6-7H2,1H3,(H,15,16,18)(H,17,19,21). The lowest BCUT2D eigenvalue weighted by Crippen LogP contribution is -2.18. The fourth-order valence-corrected chi connectivity index (χ4v) is 2.54. The molecule has 1 amide bonds. The molecule has 106 valence electrons. The number of nitrogens with one attached hydrogen (secondary N) is 2. The minimum atomic E-state index is -0.178. The van der Waals surface area contributed by atoms with Gasteiger partial charge >= 0.3 is 0 Å². The number of amides is 1. The first-order chi connectivity index (χ1) is 10.2. The van der Waals surface area contributed by atoms with Crippen LogP contribution >= 0.6 is 0 Å². The summed E-state index contributed by atoms with van der Waals surface area (Å²) in [6.45, 7) is 2.18. The molecule has 0 radical (unpaired) electrons. The number of aromatic nitrogens is 5. The lowest BCUT2D eigenvalue weighted by Gasteiger charge is -2.14. The SMILES string of the molecule is CC1(c2ccccc2C(=O)Nc2nnc3nc[nH]n23)CC1. The Morgan fingerprint density at radius 2 is 2.14 bits per heavy atom. The minimum absolute atomic E-state index is 0.127. The first-order valence-electron chi connectivity index (χ1n) is 6.83. The maximum atomic E-state index is 12.5. The van der Waals surface area contributed by atoms with E-state index in [9.17, 15) is 4.79 Å². The molecule has 2 aromatic heterocycles. The topological polar surface area (TPSA) is 88.0 Å². The van der Waals surface area contributed by atoms with E-state index in [1.807, 2.05) is 24.3 Å². The quantitative estimate of drug-likeness (QED) is 0.766. The van der Waals surface area contributed by atoms with E-state index in [0.717, 1.165) is 18.4 Å². The Bertz CT molecular complexity index is 829. The van der Waals surface area contributed by atoms with Crippen molar-refractivity contribution in [3.8, 4) is 0 Å². The fourth-order valence-electron chi connectivity index (χ4n) is 2.54. The second-order valence-electron chi connectivity index (χ2n) is 5.61. The Kier molecular flexibility index (Phi) is 2.38. The third-order valence-corrected chi connectivity index (χ3v) is 4.06. The first kappa shape index (κ1) is 12.1. The number of fused-ring (bicyclic) bond motifs is 1. The van der Waals surface area contributed by atoms with Crippen molar-refractivity contribution in [3.05, 3.63) is 41.7 Å². The van der Waals surface area contributed by atoms with Crippen LogP contribution in [-0.2, 0) is 5.41 Å². The molecule has 3 aromatic rings. The van der Waals surface area contributed by atoms with Gasteiger partial charge in [-0.25, -0.2) is 0 Å². The zero-order valence-corrected chi connectivity index (χ0v) is 11.5. The molecular weight excluding hydrogens is 268 g/mol. The van der Waals surface area contributed by atoms with Gasteiger partial charge in [-0.1, -0.05) is 25.1 Å². The Labute approximate surface area is 120 Å². The Balaban J connectivity index is 1.68. The van der Waals surface area contributed by atoms with Gasteiger partial charge in [-0.3, -0.25) is 15.2 Å². The van der Waals surface area contributed by atoms with Crippen LogP contribution in [0, 0.1) is 0 Å². The van der Waals surface area contributed by atoms with E-state index in [1.165, 1.54) is 10.8 Å². The van der Waals surface area contributed by atoms with Crippen LogP contribution < -0.4 is 5.32 Å². The highest BCUT2D eigenvalue weighted by molar-refractivity contribution is 6.04. The smallest absolute Gasteiger partial charge is 0.273 e. The number of H-pyrrole nitrogens is 1. The zero-order chi connectivity index (χ0) is 14.4. The summed E-state index contributed by atoms with van der Waals surface area (Å²) < 4.78 is 1.53. The number of benzene rings is 1.